The molecule has 2 fully saturated rings. The summed E-state index contributed by atoms with van der Waals surface area (Å²) < 4.78 is 0. The van der Waals surface area contributed by atoms with Gasteiger partial charge in [-0.1, -0.05) is 12.1 Å². The zero-order valence-electron chi connectivity index (χ0n) is 13.2. The first kappa shape index (κ1) is 14.4. The molecule has 1 heterocycles. The average molecular weight is 287 g/mol. The van der Waals surface area contributed by atoms with E-state index in [2.05, 4.69) is 30.7 Å². The van der Waals surface area contributed by atoms with Crippen molar-refractivity contribution in [1.82, 2.24) is 9.80 Å². The number of amides is 1. The number of hydrogen-bond donors (Lipinski definition) is 1. The van der Waals surface area contributed by atoms with Crippen molar-refractivity contribution in [3.8, 4) is 0 Å². The number of piperazine rings is 1. The highest BCUT2D eigenvalue weighted by Crippen LogP contribution is 2.50. The number of benzene rings is 1. The third-order valence-corrected chi connectivity index (χ3v) is 5.23. The molecule has 1 saturated carbocycles. The fourth-order valence-corrected chi connectivity index (χ4v) is 3.27. The Bertz CT molecular complexity index is 546. The van der Waals surface area contributed by atoms with Crippen LogP contribution in [0.2, 0.25) is 0 Å². The minimum atomic E-state index is -0.278. The van der Waals surface area contributed by atoms with Crippen LogP contribution in [-0.2, 0) is 10.2 Å². The Morgan fingerprint density at radius 2 is 1.76 bits per heavy atom. The summed E-state index contributed by atoms with van der Waals surface area (Å²) >= 11 is 0. The third kappa shape index (κ3) is 2.42. The van der Waals surface area contributed by atoms with Crippen LogP contribution < -0.4 is 5.73 Å². The average Bonchev–Trinajstić information content (AvgIpc) is 3.23. The molecule has 0 spiro atoms. The van der Waals surface area contributed by atoms with Gasteiger partial charge in [0.2, 0.25) is 5.91 Å². The second kappa shape index (κ2) is 4.73. The number of nitrogen functional groups attached to an aromatic ring is 1. The molecule has 1 amide bonds. The number of anilines is 1. The Kier molecular flexibility index (Phi) is 3.24. The highest BCUT2D eigenvalue weighted by atomic mass is 16.2. The zero-order chi connectivity index (χ0) is 15.3. The lowest BCUT2D eigenvalue weighted by molar-refractivity contribution is -0.138. The molecule has 0 bridgehead atoms. The molecule has 0 unspecified atom stereocenters. The number of carbonyl (C=O) groups excluding carboxylic acids is 1. The number of nitrogens with two attached hydrogens (primary N) is 1. The molecule has 4 nitrogen and oxygen atoms in total. The van der Waals surface area contributed by atoms with Crippen molar-refractivity contribution >= 4 is 11.6 Å². The lowest BCUT2D eigenvalue weighted by atomic mass is 9.92. The predicted octanol–water partition coefficient (Wildman–Crippen LogP) is 1.85. The van der Waals surface area contributed by atoms with E-state index in [0.717, 1.165) is 43.7 Å². The van der Waals surface area contributed by atoms with Crippen LogP contribution in [0.4, 0.5) is 5.69 Å². The Labute approximate surface area is 126 Å². The summed E-state index contributed by atoms with van der Waals surface area (Å²) in [5, 5.41) is 0. The summed E-state index contributed by atoms with van der Waals surface area (Å²) in [4.78, 5) is 17.4. The molecule has 1 aliphatic heterocycles. The molecule has 4 heteroatoms. The number of likely N-dealkylation sites (N-methyl/N-ethyl adjacent to an activating group) is 1. The highest BCUT2D eigenvalue weighted by molar-refractivity contribution is 5.91. The molecule has 1 aromatic carbocycles. The molecule has 3 rings (SSSR count). The molecule has 2 N–H and O–H groups in total. The number of nitrogens with zero attached hydrogens (tertiary/aromatic N) is 2. The standard InChI is InChI=1S/C17H25N3O/c1-16(2)12-20(11-10-19(16)3)15(21)17(8-9-17)13-4-6-14(18)7-5-13/h4-7H,8-12,18H2,1-3H3. The first-order valence-corrected chi connectivity index (χ1v) is 7.72. The van der Waals surface area contributed by atoms with Gasteiger partial charge in [0, 0.05) is 30.9 Å². The van der Waals surface area contributed by atoms with Gasteiger partial charge in [-0.05, 0) is 51.4 Å². The maximum Gasteiger partial charge on any atom is 0.233 e. The van der Waals surface area contributed by atoms with Crippen molar-refractivity contribution in [3.63, 3.8) is 0 Å². The molecule has 114 valence electrons. The first-order chi connectivity index (χ1) is 9.85. The number of hydrogen-bond acceptors (Lipinski definition) is 3. The van der Waals surface area contributed by atoms with E-state index in [1.165, 1.54) is 0 Å². The maximum atomic E-state index is 13.0. The van der Waals surface area contributed by atoms with E-state index in [0.29, 0.717) is 5.91 Å². The second-order valence-corrected chi connectivity index (χ2v) is 7.16. The molecule has 1 aliphatic carbocycles. The molecule has 0 radical (unpaired) electrons. The monoisotopic (exact) mass is 287 g/mol. The van der Waals surface area contributed by atoms with Crippen LogP contribution in [-0.4, -0.2) is 47.9 Å². The molecule has 21 heavy (non-hydrogen) atoms. The van der Waals surface area contributed by atoms with E-state index in [9.17, 15) is 4.79 Å². The van der Waals surface area contributed by atoms with E-state index < -0.39 is 0 Å². The molecular weight excluding hydrogens is 262 g/mol. The molecule has 1 saturated heterocycles. The molecule has 2 aliphatic rings. The van der Waals surface area contributed by atoms with Gasteiger partial charge in [0.05, 0.1) is 5.41 Å². The summed E-state index contributed by atoms with van der Waals surface area (Å²) in [6, 6.07) is 7.83. The fourth-order valence-electron chi connectivity index (χ4n) is 3.27. The topological polar surface area (TPSA) is 49.6 Å². The number of carbonyl (C=O) groups is 1. The Morgan fingerprint density at radius 1 is 1.14 bits per heavy atom. The van der Waals surface area contributed by atoms with E-state index in [-0.39, 0.29) is 11.0 Å². The van der Waals surface area contributed by atoms with Crippen molar-refractivity contribution in [2.75, 3.05) is 32.4 Å². The molecular formula is C17H25N3O. The molecule has 1 aromatic rings. The van der Waals surface area contributed by atoms with Crippen LogP contribution in [0.5, 0.6) is 0 Å². The van der Waals surface area contributed by atoms with Gasteiger partial charge in [-0.15, -0.1) is 0 Å². The zero-order valence-corrected chi connectivity index (χ0v) is 13.2. The van der Waals surface area contributed by atoms with Crippen LogP contribution in [0.25, 0.3) is 0 Å². The normalized spacial score (nSPS) is 23.9. The van der Waals surface area contributed by atoms with Crippen LogP contribution in [0.3, 0.4) is 0 Å². The van der Waals surface area contributed by atoms with E-state index in [1.54, 1.807) is 0 Å². The van der Waals surface area contributed by atoms with Gasteiger partial charge in [-0.3, -0.25) is 9.69 Å². The summed E-state index contributed by atoms with van der Waals surface area (Å²) in [6.45, 7) is 6.98. The first-order valence-electron chi connectivity index (χ1n) is 7.72. The SMILES string of the molecule is CN1CCN(C(=O)C2(c3ccc(N)cc3)CC2)CC1(C)C. The van der Waals surface area contributed by atoms with E-state index in [4.69, 9.17) is 5.73 Å². The predicted molar refractivity (Wildman–Crippen MR) is 85.1 cm³/mol. The van der Waals surface area contributed by atoms with Gasteiger partial charge < -0.3 is 10.6 Å². The van der Waals surface area contributed by atoms with E-state index >= 15 is 0 Å². The Hall–Kier alpha value is -1.55. The van der Waals surface area contributed by atoms with Crippen molar-refractivity contribution < 1.29 is 4.79 Å². The maximum absolute atomic E-state index is 13.0. The van der Waals surface area contributed by atoms with Crippen molar-refractivity contribution in [3.05, 3.63) is 29.8 Å². The smallest absolute Gasteiger partial charge is 0.233 e. The van der Waals surface area contributed by atoms with Gasteiger partial charge in [-0.25, -0.2) is 0 Å². The van der Waals surface area contributed by atoms with Gasteiger partial charge in [0.25, 0.3) is 0 Å². The largest absolute Gasteiger partial charge is 0.399 e. The fraction of sp³-hybridized carbons (Fsp3) is 0.588. The quantitative estimate of drug-likeness (QED) is 0.845. The van der Waals surface area contributed by atoms with Crippen LogP contribution in [0.15, 0.2) is 24.3 Å². The lowest BCUT2D eigenvalue weighted by Gasteiger charge is -2.46. The second-order valence-electron chi connectivity index (χ2n) is 7.16. The third-order valence-electron chi connectivity index (χ3n) is 5.23. The van der Waals surface area contributed by atoms with Gasteiger partial charge >= 0.3 is 0 Å². The van der Waals surface area contributed by atoms with Crippen molar-refractivity contribution in [2.45, 2.75) is 37.6 Å². The van der Waals surface area contributed by atoms with Crippen LogP contribution >= 0.6 is 0 Å². The van der Waals surface area contributed by atoms with E-state index in [1.807, 2.05) is 24.3 Å². The van der Waals surface area contributed by atoms with Crippen molar-refractivity contribution in [2.24, 2.45) is 0 Å². The van der Waals surface area contributed by atoms with Gasteiger partial charge in [0.1, 0.15) is 0 Å². The minimum absolute atomic E-state index is 0.0467. The Morgan fingerprint density at radius 3 is 2.29 bits per heavy atom. The van der Waals surface area contributed by atoms with Gasteiger partial charge in [0.15, 0.2) is 0 Å². The lowest BCUT2D eigenvalue weighted by Crippen LogP contribution is -2.60. The van der Waals surface area contributed by atoms with Crippen molar-refractivity contribution in [1.29, 1.82) is 0 Å². The molecule has 0 atom stereocenters. The molecule has 0 aromatic heterocycles. The summed E-state index contributed by atoms with van der Waals surface area (Å²) in [5.74, 6) is 0.299. The number of rotatable bonds is 2. The summed E-state index contributed by atoms with van der Waals surface area (Å²) in [7, 11) is 2.13. The summed E-state index contributed by atoms with van der Waals surface area (Å²) in [5.41, 5.74) is 7.40. The highest BCUT2D eigenvalue weighted by Gasteiger charge is 2.53. The Balaban J connectivity index is 1.80. The van der Waals surface area contributed by atoms with Gasteiger partial charge in [-0.2, -0.15) is 0 Å². The minimum Gasteiger partial charge on any atom is -0.399 e. The summed E-state index contributed by atoms with van der Waals surface area (Å²) in [6.07, 6.45) is 1.92. The van der Waals surface area contributed by atoms with Crippen LogP contribution in [0.1, 0.15) is 32.3 Å². The van der Waals surface area contributed by atoms with Crippen LogP contribution in [0, 0.1) is 0 Å².